The zero-order valence-electron chi connectivity index (χ0n) is 34.4. The van der Waals surface area contributed by atoms with Gasteiger partial charge in [-0.3, -0.25) is 28.8 Å². The third-order valence-electron chi connectivity index (χ3n) is 10.0. The largest absolute Gasteiger partial charge is 0.444 e. The van der Waals surface area contributed by atoms with Gasteiger partial charge in [0.25, 0.3) is 0 Å². The smallest absolute Gasteiger partial charge is 0.407 e. The number of fused-ring (bicyclic) bond motifs is 1. The van der Waals surface area contributed by atoms with E-state index in [0.717, 1.165) is 87.8 Å². The average molecular weight is 794 g/mol. The summed E-state index contributed by atoms with van der Waals surface area (Å²) < 4.78 is 26.2. The molecule has 1 aromatic heterocycles. The number of primary amides is 1. The summed E-state index contributed by atoms with van der Waals surface area (Å²) in [5.74, 6) is -1.17. The van der Waals surface area contributed by atoms with E-state index in [1.807, 2.05) is 37.3 Å². The predicted molar refractivity (Wildman–Crippen MR) is 218 cm³/mol. The Morgan fingerprint density at radius 1 is 0.860 bits per heavy atom. The van der Waals surface area contributed by atoms with Crippen LogP contribution in [0.4, 0.5) is 4.79 Å². The molecule has 2 heterocycles. The summed E-state index contributed by atoms with van der Waals surface area (Å²) in [6.07, 6.45) is 7.93. The number of rotatable bonds is 24. The van der Waals surface area contributed by atoms with E-state index in [2.05, 4.69) is 22.8 Å². The van der Waals surface area contributed by atoms with Crippen LogP contribution in [0.2, 0.25) is 0 Å². The van der Waals surface area contributed by atoms with Crippen molar-refractivity contribution in [2.75, 3.05) is 26.4 Å². The number of carbonyl (C=O) groups is 4. The Morgan fingerprint density at radius 2 is 1.46 bits per heavy atom. The van der Waals surface area contributed by atoms with Gasteiger partial charge in [-0.1, -0.05) is 43.2 Å². The molecule has 3 aromatic rings. The normalized spacial score (nSPS) is 15.7. The number of hydrogen-bond donors (Lipinski definition) is 3. The van der Waals surface area contributed by atoms with Gasteiger partial charge in [-0.25, -0.2) is 9.59 Å². The number of amides is 4. The van der Waals surface area contributed by atoms with Gasteiger partial charge in [-0.2, -0.15) is 0 Å². The van der Waals surface area contributed by atoms with Crippen molar-refractivity contribution in [1.82, 2.24) is 19.8 Å². The van der Waals surface area contributed by atoms with E-state index in [1.165, 1.54) is 10.1 Å². The highest BCUT2D eigenvalue weighted by atomic mass is 16.6. The Balaban J connectivity index is 1.01. The number of aromatic nitrogens is 2. The first kappa shape index (κ1) is 45.2. The van der Waals surface area contributed by atoms with Gasteiger partial charge in [0.05, 0.1) is 29.8 Å². The van der Waals surface area contributed by atoms with Gasteiger partial charge in [0.2, 0.25) is 17.7 Å². The van der Waals surface area contributed by atoms with Crippen LogP contribution in [0, 0.1) is 0 Å². The lowest BCUT2D eigenvalue weighted by Gasteiger charge is -2.27. The molecule has 14 heteroatoms. The molecule has 1 fully saturated rings. The molecule has 0 saturated carbocycles. The second-order valence-corrected chi connectivity index (χ2v) is 15.9. The minimum absolute atomic E-state index is 0.133. The van der Waals surface area contributed by atoms with E-state index in [9.17, 15) is 24.0 Å². The molecule has 2 aromatic carbocycles. The summed E-state index contributed by atoms with van der Waals surface area (Å²) in [6.45, 7) is 10.5. The Bertz CT molecular complexity index is 1830. The zero-order chi connectivity index (χ0) is 41.4. The Kier molecular flexibility index (Phi) is 17.8. The van der Waals surface area contributed by atoms with Crippen LogP contribution in [0.1, 0.15) is 115 Å². The van der Waals surface area contributed by atoms with E-state index >= 15 is 0 Å². The molecule has 4 amide bonds. The third kappa shape index (κ3) is 15.1. The summed E-state index contributed by atoms with van der Waals surface area (Å²) in [4.78, 5) is 60.7. The molecule has 0 radical (unpaired) electrons. The summed E-state index contributed by atoms with van der Waals surface area (Å²) >= 11 is 0. The number of imidazole rings is 1. The Labute approximate surface area is 336 Å². The van der Waals surface area contributed by atoms with Crippen molar-refractivity contribution in [2.45, 2.75) is 135 Å². The maximum Gasteiger partial charge on any atom is 0.407 e. The first-order chi connectivity index (χ1) is 27.2. The number of carbonyl (C=O) groups excluding carboxylic acids is 4. The summed E-state index contributed by atoms with van der Waals surface area (Å²) in [7, 11) is 1.71. The fourth-order valence-corrected chi connectivity index (χ4v) is 6.84. The number of benzene rings is 2. The monoisotopic (exact) mass is 793 g/mol. The zero-order valence-corrected chi connectivity index (χ0v) is 34.4. The number of nitrogens with one attached hydrogen (secondary N) is 2. The maximum atomic E-state index is 13.0. The second-order valence-electron chi connectivity index (χ2n) is 15.9. The lowest BCUT2D eigenvalue weighted by atomic mass is 10.1. The molecule has 4 N–H and O–H groups in total. The Hall–Kier alpha value is -4.53. The van der Waals surface area contributed by atoms with Crippen LogP contribution in [-0.2, 0) is 59.8 Å². The van der Waals surface area contributed by atoms with E-state index < -0.39 is 35.6 Å². The number of alkyl carbamates (subject to hydrolysis) is 1. The maximum absolute atomic E-state index is 13.0. The highest BCUT2D eigenvalue weighted by molar-refractivity contribution is 6.00. The van der Waals surface area contributed by atoms with Crippen molar-refractivity contribution < 1.29 is 38.1 Å². The van der Waals surface area contributed by atoms with E-state index in [-0.39, 0.29) is 30.5 Å². The number of nitrogens with two attached hydrogens (primary N) is 1. The van der Waals surface area contributed by atoms with Crippen LogP contribution in [0.15, 0.2) is 47.3 Å². The lowest BCUT2D eigenvalue weighted by Crippen LogP contribution is -2.45. The number of piperidine rings is 1. The van der Waals surface area contributed by atoms with Gasteiger partial charge in [0, 0.05) is 46.3 Å². The van der Waals surface area contributed by atoms with Gasteiger partial charge in [0.1, 0.15) is 11.6 Å². The van der Waals surface area contributed by atoms with Gasteiger partial charge in [0.15, 0.2) is 0 Å². The van der Waals surface area contributed by atoms with Gasteiger partial charge >= 0.3 is 11.8 Å². The fraction of sp³-hybridized carbons (Fsp3) is 0.605. The number of aryl methyl sites for hydroxylation is 3. The van der Waals surface area contributed by atoms with Gasteiger partial charge < -0.3 is 30.0 Å². The van der Waals surface area contributed by atoms with Crippen LogP contribution in [0.3, 0.4) is 0 Å². The van der Waals surface area contributed by atoms with E-state index in [1.54, 1.807) is 32.4 Å². The van der Waals surface area contributed by atoms with Crippen LogP contribution in [0.5, 0.6) is 0 Å². The predicted octanol–water partition coefficient (Wildman–Crippen LogP) is 5.54. The SMILES string of the molecule is C[C@@H](OCc1ccc(CCCOCCCCCCOCCCc2ccc3c(c2)n(C)c(=O)n3C2CCC(=O)NC2=O)cc1)[C@H](CCC(N)=O)NC(=O)OC(C)(C)C. The van der Waals surface area contributed by atoms with Crippen molar-refractivity contribution in [2.24, 2.45) is 12.8 Å². The molecule has 0 bridgehead atoms. The van der Waals surface area contributed by atoms with Crippen molar-refractivity contribution in [1.29, 1.82) is 0 Å². The first-order valence-electron chi connectivity index (χ1n) is 20.4. The minimum atomic E-state index is -0.681. The molecule has 4 rings (SSSR count). The molecule has 1 aliphatic heterocycles. The number of imide groups is 1. The molecule has 14 nitrogen and oxygen atoms in total. The highest BCUT2D eigenvalue weighted by Crippen LogP contribution is 2.24. The van der Waals surface area contributed by atoms with Crippen molar-refractivity contribution >= 4 is 34.8 Å². The van der Waals surface area contributed by atoms with Gasteiger partial charge in [-0.05, 0) is 108 Å². The van der Waals surface area contributed by atoms with Crippen molar-refractivity contribution in [3.05, 3.63) is 69.6 Å². The highest BCUT2D eigenvalue weighted by Gasteiger charge is 2.31. The number of hydrogen-bond acceptors (Lipinski definition) is 9. The summed E-state index contributed by atoms with van der Waals surface area (Å²) in [5, 5.41) is 5.17. The standard InChI is InChI=1S/C43H63N5O9/c1-30(34(19-22-38(44)49)45-41(52)57-43(2,3)4)56-29-33-16-14-31(15-17-33)12-10-26-54-24-8-6-7-9-25-55-27-11-13-32-18-20-35-37(28-32)47(5)42(53)48(35)36-21-23-39(50)46-40(36)51/h14-18,20,28,30,34,36H,6-13,19,21-27,29H2,1-5H3,(H2,44,49)(H,45,52)(H,46,50,51)/t30-,34+,36?/m1/s1. The quantitative estimate of drug-likeness (QED) is 0.0775. The molecule has 1 saturated heterocycles. The van der Waals surface area contributed by atoms with Crippen LogP contribution in [0.25, 0.3) is 11.0 Å². The fourth-order valence-electron chi connectivity index (χ4n) is 6.84. The van der Waals surface area contributed by atoms with Crippen molar-refractivity contribution in [3.63, 3.8) is 0 Å². The number of ether oxygens (including phenoxy) is 4. The molecule has 314 valence electrons. The third-order valence-corrected chi connectivity index (χ3v) is 10.0. The van der Waals surface area contributed by atoms with Crippen LogP contribution >= 0.6 is 0 Å². The number of nitrogens with zero attached hydrogens (tertiary/aromatic N) is 2. The molecular formula is C43H63N5O9. The van der Waals surface area contributed by atoms with E-state index in [0.29, 0.717) is 31.6 Å². The van der Waals surface area contributed by atoms with Crippen LogP contribution in [-0.4, -0.2) is 77.1 Å². The molecule has 3 atom stereocenters. The summed E-state index contributed by atoms with van der Waals surface area (Å²) in [6, 6.07) is 13.1. The number of unbranched alkanes of at least 4 members (excludes halogenated alkanes) is 3. The molecule has 57 heavy (non-hydrogen) atoms. The molecular weight excluding hydrogens is 730 g/mol. The summed E-state index contributed by atoms with van der Waals surface area (Å²) in [5.41, 5.74) is 9.27. The molecule has 1 aliphatic rings. The van der Waals surface area contributed by atoms with Crippen LogP contribution < -0.4 is 22.1 Å². The first-order valence-corrected chi connectivity index (χ1v) is 20.4. The molecule has 1 unspecified atom stereocenters. The Morgan fingerprint density at radius 3 is 2.07 bits per heavy atom. The minimum Gasteiger partial charge on any atom is -0.444 e. The molecule has 0 spiro atoms. The second kappa shape index (κ2) is 22.4. The average Bonchev–Trinajstić information content (AvgIpc) is 3.40. The van der Waals surface area contributed by atoms with Gasteiger partial charge in [-0.15, -0.1) is 0 Å². The lowest BCUT2D eigenvalue weighted by molar-refractivity contribution is -0.135. The van der Waals surface area contributed by atoms with Crippen molar-refractivity contribution in [3.8, 4) is 0 Å². The van der Waals surface area contributed by atoms with E-state index in [4.69, 9.17) is 24.7 Å². The topological polar surface area (TPSA) is 182 Å². The molecule has 0 aliphatic carbocycles.